The van der Waals surface area contributed by atoms with Crippen molar-refractivity contribution in [3.05, 3.63) is 43.3 Å². The van der Waals surface area contributed by atoms with E-state index < -0.39 is 5.97 Å². The Morgan fingerprint density at radius 1 is 1.48 bits per heavy atom. The SMILES string of the molecule is Cc1cc(-c2[nH]c(=O)sc2CN(C)CC(=O)O)ccc1Cl. The van der Waals surface area contributed by atoms with E-state index in [0.29, 0.717) is 11.6 Å². The van der Waals surface area contributed by atoms with Crippen LogP contribution in [0.2, 0.25) is 5.02 Å². The number of benzene rings is 1. The number of likely N-dealkylation sites (N-methyl/N-ethyl adjacent to an activating group) is 1. The third-order valence-corrected chi connectivity index (χ3v) is 4.28. The molecule has 0 bridgehead atoms. The number of aromatic nitrogens is 1. The van der Waals surface area contributed by atoms with Crippen molar-refractivity contribution in [3.8, 4) is 11.3 Å². The van der Waals surface area contributed by atoms with E-state index in [1.54, 1.807) is 18.0 Å². The van der Waals surface area contributed by atoms with Crippen molar-refractivity contribution < 1.29 is 9.90 Å². The summed E-state index contributed by atoms with van der Waals surface area (Å²) < 4.78 is 0. The molecule has 0 atom stereocenters. The molecule has 2 rings (SSSR count). The molecule has 0 saturated heterocycles. The second-order valence-corrected chi connectivity index (χ2v) is 6.32. The number of halogens is 1. The van der Waals surface area contributed by atoms with Gasteiger partial charge < -0.3 is 10.1 Å². The van der Waals surface area contributed by atoms with E-state index in [0.717, 1.165) is 33.0 Å². The van der Waals surface area contributed by atoms with Crippen LogP contribution in [0.25, 0.3) is 11.3 Å². The Bertz CT molecular complexity index is 723. The molecule has 0 unspecified atom stereocenters. The van der Waals surface area contributed by atoms with E-state index in [1.807, 2.05) is 19.1 Å². The van der Waals surface area contributed by atoms with Crippen molar-refractivity contribution in [2.24, 2.45) is 0 Å². The van der Waals surface area contributed by atoms with Gasteiger partial charge in [0.05, 0.1) is 12.2 Å². The number of carboxylic acid groups (broad SMARTS) is 1. The molecule has 0 saturated carbocycles. The van der Waals surface area contributed by atoms with Gasteiger partial charge in [-0.1, -0.05) is 29.0 Å². The predicted molar refractivity (Wildman–Crippen MR) is 84.1 cm³/mol. The summed E-state index contributed by atoms with van der Waals surface area (Å²) in [5, 5.41) is 9.47. The number of nitrogens with one attached hydrogen (secondary N) is 1. The summed E-state index contributed by atoms with van der Waals surface area (Å²) in [6, 6.07) is 5.53. The van der Waals surface area contributed by atoms with Crippen molar-refractivity contribution in [2.75, 3.05) is 13.6 Å². The lowest BCUT2D eigenvalue weighted by Gasteiger charge is -2.13. The van der Waals surface area contributed by atoms with Gasteiger partial charge in [-0.15, -0.1) is 0 Å². The third-order valence-electron chi connectivity index (χ3n) is 2.99. The molecular formula is C14H15ClN2O3S. The summed E-state index contributed by atoms with van der Waals surface area (Å²) >= 11 is 7.11. The molecule has 0 aliphatic heterocycles. The summed E-state index contributed by atoms with van der Waals surface area (Å²) in [6.07, 6.45) is 0. The number of hydrogen-bond acceptors (Lipinski definition) is 4. The Balaban J connectivity index is 2.34. The van der Waals surface area contributed by atoms with Crippen LogP contribution in [0.3, 0.4) is 0 Å². The summed E-state index contributed by atoms with van der Waals surface area (Å²) in [7, 11) is 1.70. The van der Waals surface area contributed by atoms with Gasteiger partial charge in [-0.2, -0.15) is 0 Å². The molecular weight excluding hydrogens is 312 g/mol. The van der Waals surface area contributed by atoms with Crippen molar-refractivity contribution in [3.63, 3.8) is 0 Å². The number of nitrogens with zero attached hydrogens (tertiary/aromatic N) is 1. The summed E-state index contributed by atoms with van der Waals surface area (Å²) in [5.41, 5.74) is 2.52. The Kier molecular flexibility index (Phi) is 4.82. The van der Waals surface area contributed by atoms with Crippen LogP contribution in [0.4, 0.5) is 0 Å². The molecule has 0 amide bonds. The first-order valence-corrected chi connectivity index (χ1v) is 7.45. The van der Waals surface area contributed by atoms with E-state index in [9.17, 15) is 9.59 Å². The summed E-state index contributed by atoms with van der Waals surface area (Å²) in [6.45, 7) is 2.21. The second-order valence-electron chi connectivity index (χ2n) is 4.84. The van der Waals surface area contributed by atoms with Crippen LogP contribution < -0.4 is 4.87 Å². The van der Waals surface area contributed by atoms with Gasteiger partial charge in [-0.25, -0.2) is 0 Å². The number of aliphatic carboxylic acids is 1. The highest BCUT2D eigenvalue weighted by molar-refractivity contribution is 7.09. The predicted octanol–water partition coefficient (Wildman–Crippen LogP) is 2.58. The molecule has 1 heterocycles. The Morgan fingerprint density at radius 2 is 2.19 bits per heavy atom. The van der Waals surface area contributed by atoms with Gasteiger partial charge in [0, 0.05) is 16.4 Å². The minimum atomic E-state index is -0.899. The van der Waals surface area contributed by atoms with Gasteiger partial charge in [0.15, 0.2) is 0 Å². The summed E-state index contributed by atoms with van der Waals surface area (Å²) in [5.74, 6) is -0.899. The lowest BCUT2D eigenvalue weighted by atomic mass is 10.1. The minimum Gasteiger partial charge on any atom is -0.480 e. The molecule has 2 N–H and O–H groups in total. The number of H-pyrrole nitrogens is 1. The topological polar surface area (TPSA) is 73.4 Å². The van der Waals surface area contributed by atoms with Gasteiger partial charge in [-0.05, 0) is 37.2 Å². The van der Waals surface area contributed by atoms with Crippen LogP contribution in [0.1, 0.15) is 10.4 Å². The van der Waals surface area contributed by atoms with Crippen LogP contribution in [0, 0.1) is 6.92 Å². The first-order valence-electron chi connectivity index (χ1n) is 6.25. The van der Waals surface area contributed by atoms with Crippen LogP contribution in [-0.2, 0) is 11.3 Å². The van der Waals surface area contributed by atoms with Gasteiger partial charge in [0.2, 0.25) is 0 Å². The number of aromatic amines is 1. The van der Waals surface area contributed by atoms with Crippen molar-refractivity contribution in [1.29, 1.82) is 0 Å². The highest BCUT2D eigenvalue weighted by atomic mass is 35.5. The van der Waals surface area contributed by atoms with Gasteiger partial charge in [-0.3, -0.25) is 14.5 Å². The maximum Gasteiger partial charge on any atom is 0.317 e. The number of hydrogen-bond donors (Lipinski definition) is 2. The second kappa shape index (κ2) is 6.43. The molecule has 0 aliphatic rings. The molecule has 2 aromatic rings. The quantitative estimate of drug-likeness (QED) is 0.885. The minimum absolute atomic E-state index is 0.0782. The molecule has 1 aromatic heterocycles. The van der Waals surface area contributed by atoms with E-state index in [-0.39, 0.29) is 11.4 Å². The highest BCUT2D eigenvalue weighted by Crippen LogP contribution is 2.27. The van der Waals surface area contributed by atoms with Crippen molar-refractivity contribution >= 4 is 28.9 Å². The Morgan fingerprint density at radius 3 is 2.81 bits per heavy atom. The van der Waals surface area contributed by atoms with Crippen LogP contribution in [-0.4, -0.2) is 34.6 Å². The molecule has 0 fully saturated rings. The number of aryl methyl sites for hydroxylation is 1. The normalized spacial score (nSPS) is 11.0. The number of carbonyl (C=O) groups is 1. The standard InChI is InChI=1S/C14H15ClN2O3S/c1-8-5-9(3-4-10(8)15)13-11(21-14(20)16-13)6-17(2)7-12(18)19/h3-5H,6-7H2,1-2H3,(H,16,20)(H,18,19). The number of thiazole rings is 1. The Labute approximate surface area is 130 Å². The summed E-state index contributed by atoms with van der Waals surface area (Å²) in [4.78, 5) is 27.5. The molecule has 1 aromatic carbocycles. The van der Waals surface area contributed by atoms with Crippen LogP contribution in [0.15, 0.2) is 23.0 Å². The maximum atomic E-state index is 11.6. The zero-order valence-electron chi connectivity index (χ0n) is 11.6. The van der Waals surface area contributed by atoms with E-state index in [4.69, 9.17) is 16.7 Å². The molecule has 112 valence electrons. The molecule has 0 radical (unpaired) electrons. The molecule has 5 nitrogen and oxygen atoms in total. The highest BCUT2D eigenvalue weighted by Gasteiger charge is 2.14. The van der Waals surface area contributed by atoms with Crippen molar-refractivity contribution in [1.82, 2.24) is 9.88 Å². The lowest BCUT2D eigenvalue weighted by molar-refractivity contribution is -0.138. The fourth-order valence-corrected chi connectivity index (χ4v) is 3.09. The fourth-order valence-electron chi connectivity index (χ4n) is 2.04. The zero-order chi connectivity index (χ0) is 15.6. The van der Waals surface area contributed by atoms with Crippen molar-refractivity contribution in [2.45, 2.75) is 13.5 Å². The first kappa shape index (κ1) is 15.8. The largest absolute Gasteiger partial charge is 0.480 e. The number of carboxylic acids is 1. The van der Waals surface area contributed by atoms with E-state index >= 15 is 0 Å². The average molecular weight is 327 g/mol. The van der Waals surface area contributed by atoms with Gasteiger partial charge in [0.25, 0.3) is 0 Å². The van der Waals surface area contributed by atoms with E-state index in [1.165, 1.54) is 0 Å². The molecule has 0 spiro atoms. The first-order chi connectivity index (χ1) is 9.86. The van der Waals surface area contributed by atoms with E-state index in [2.05, 4.69) is 4.98 Å². The third kappa shape index (κ3) is 3.93. The smallest absolute Gasteiger partial charge is 0.317 e. The zero-order valence-corrected chi connectivity index (χ0v) is 13.2. The molecule has 0 aliphatic carbocycles. The molecule has 7 heteroatoms. The number of rotatable bonds is 5. The lowest BCUT2D eigenvalue weighted by Crippen LogP contribution is -2.24. The van der Waals surface area contributed by atoms with Gasteiger partial charge in [0.1, 0.15) is 0 Å². The Hall–Kier alpha value is -1.63. The molecule has 21 heavy (non-hydrogen) atoms. The fraction of sp³-hybridized carbons (Fsp3) is 0.286. The maximum absolute atomic E-state index is 11.6. The van der Waals surface area contributed by atoms with Crippen LogP contribution in [0.5, 0.6) is 0 Å². The van der Waals surface area contributed by atoms with Crippen LogP contribution >= 0.6 is 22.9 Å². The monoisotopic (exact) mass is 326 g/mol. The van der Waals surface area contributed by atoms with Gasteiger partial charge >= 0.3 is 10.8 Å². The average Bonchev–Trinajstić information content (AvgIpc) is 2.72.